The third-order valence-electron chi connectivity index (χ3n) is 10.5. The molecule has 2 aromatic carbocycles. The van der Waals surface area contributed by atoms with Gasteiger partial charge in [-0.05, 0) is 61.5 Å². The maximum absolute atomic E-state index is 13.4. The zero-order valence-corrected chi connectivity index (χ0v) is 26.8. The van der Waals surface area contributed by atoms with Gasteiger partial charge in [-0.2, -0.15) is 0 Å². The smallest absolute Gasteiger partial charge is 0.321 e. The molecule has 2 aromatic rings. The Morgan fingerprint density at radius 2 is 1.67 bits per heavy atom. The molecular weight excluding hydrogens is 568 g/mol. The van der Waals surface area contributed by atoms with Gasteiger partial charge in [-0.15, -0.1) is 0 Å². The molecule has 3 aliphatic rings. The minimum absolute atomic E-state index is 0.0655. The molecule has 0 aromatic heterocycles. The summed E-state index contributed by atoms with van der Waals surface area (Å²) in [5, 5.41) is 21.3. The average Bonchev–Trinajstić information content (AvgIpc) is 3.46. The number of aliphatic carboxylic acids is 1. The van der Waals surface area contributed by atoms with Gasteiger partial charge in [0, 0.05) is 69.8 Å². The van der Waals surface area contributed by atoms with Gasteiger partial charge in [-0.3, -0.25) is 24.6 Å². The van der Waals surface area contributed by atoms with Crippen LogP contribution in [0.4, 0.5) is 5.69 Å². The lowest BCUT2D eigenvalue weighted by atomic mass is 9.83. The normalized spacial score (nSPS) is 22.7. The summed E-state index contributed by atoms with van der Waals surface area (Å²) < 4.78 is 0. The van der Waals surface area contributed by atoms with Crippen LogP contribution in [-0.2, 0) is 16.0 Å². The first-order valence-electron chi connectivity index (χ1n) is 17.1. The molecule has 1 N–H and O–H groups in total. The lowest BCUT2D eigenvalue weighted by molar-refractivity contribution is -0.384. The summed E-state index contributed by atoms with van der Waals surface area (Å²) in [5.41, 5.74) is 2.31. The molecular formula is C36H50N4O5. The Hall–Kier alpha value is -3.30. The first-order valence-corrected chi connectivity index (χ1v) is 17.1. The summed E-state index contributed by atoms with van der Waals surface area (Å²) in [5.74, 6) is 0.414. The van der Waals surface area contributed by atoms with Gasteiger partial charge in [-0.1, -0.05) is 68.7 Å². The van der Waals surface area contributed by atoms with Crippen molar-refractivity contribution in [3.05, 3.63) is 75.8 Å². The number of piperidine rings is 1. The lowest BCUT2D eigenvalue weighted by Crippen LogP contribution is -2.49. The first-order chi connectivity index (χ1) is 21.8. The Balaban J connectivity index is 1.19. The van der Waals surface area contributed by atoms with E-state index in [1.165, 1.54) is 24.1 Å². The number of nitrogens with zero attached hydrogens (tertiary/aromatic N) is 4. The van der Waals surface area contributed by atoms with E-state index in [9.17, 15) is 24.8 Å². The molecule has 45 heavy (non-hydrogen) atoms. The second-order valence-corrected chi connectivity index (χ2v) is 13.5. The van der Waals surface area contributed by atoms with Crippen molar-refractivity contribution in [1.82, 2.24) is 14.7 Å². The van der Waals surface area contributed by atoms with Gasteiger partial charge in [0.2, 0.25) is 5.91 Å². The highest BCUT2D eigenvalue weighted by Gasteiger charge is 2.43. The van der Waals surface area contributed by atoms with Crippen molar-refractivity contribution in [3.63, 3.8) is 0 Å². The molecule has 3 atom stereocenters. The molecule has 9 nitrogen and oxygen atoms in total. The number of benzene rings is 2. The van der Waals surface area contributed by atoms with Crippen LogP contribution in [0, 0.1) is 22.0 Å². The zero-order chi connectivity index (χ0) is 31.8. The van der Waals surface area contributed by atoms with Crippen LogP contribution in [-0.4, -0.2) is 88.0 Å². The van der Waals surface area contributed by atoms with Crippen molar-refractivity contribution in [2.45, 2.75) is 89.1 Å². The fourth-order valence-electron chi connectivity index (χ4n) is 8.18. The van der Waals surface area contributed by atoms with Crippen LogP contribution >= 0.6 is 0 Å². The van der Waals surface area contributed by atoms with Gasteiger partial charge in [0.15, 0.2) is 0 Å². The van der Waals surface area contributed by atoms with Crippen LogP contribution in [0.1, 0.15) is 81.8 Å². The Morgan fingerprint density at radius 3 is 2.29 bits per heavy atom. The number of hydrogen-bond acceptors (Lipinski definition) is 6. The second-order valence-electron chi connectivity index (χ2n) is 13.5. The number of carboxylic acids is 1. The molecule has 1 saturated carbocycles. The molecule has 2 heterocycles. The molecule has 9 heteroatoms. The zero-order valence-electron chi connectivity index (χ0n) is 26.8. The number of hydrogen-bond donors (Lipinski definition) is 1. The summed E-state index contributed by atoms with van der Waals surface area (Å²) in [6, 6.07) is 17.0. The fraction of sp³-hybridized carbons (Fsp3) is 0.611. The molecule has 0 unspecified atom stereocenters. The summed E-state index contributed by atoms with van der Waals surface area (Å²) in [7, 11) is 0. The predicted molar refractivity (Wildman–Crippen MR) is 175 cm³/mol. The van der Waals surface area contributed by atoms with Crippen molar-refractivity contribution in [2.75, 3.05) is 39.3 Å². The van der Waals surface area contributed by atoms with Crippen LogP contribution in [0.3, 0.4) is 0 Å². The predicted octanol–water partition coefficient (Wildman–Crippen LogP) is 5.98. The van der Waals surface area contributed by atoms with Crippen LogP contribution in [0.25, 0.3) is 0 Å². The number of non-ortho nitro benzene ring substituents is 1. The lowest BCUT2D eigenvalue weighted by Gasteiger charge is -2.40. The van der Waals surface area contributed by atoms with Crippen molar-refractivity contribution in [2.24, 2.45) is 11.8 Å². The van der Waals surface area contributed by atoms with E-state index < -0.39 is 16.9 Å². The number of aryl methyl sites for hydroxylation is 1. The van der Waals surface area contributed by atoms with Gasteiger partial charge < -0.3 is 14.9 Å². The van der Waals surface area contributed by atoms with Gasteiger partial charge in [0.1, 0.15) is 6.04 Å². The van der Waals surface area contributed by atoms with E-state index in [0.717, 1.165) is 89.8 Å². The number of rotatable bonds is 13. The molecule has 0 bridgehead atoms. The number of carbonyl (C=O) groups excluding carboxylic acids is 1. The Bertz CT molecular complexity index is 1260. The third-order valence-corrected chi connectivity index (χ3v) is 10.5. The highest BCUT2D eigenvalue weighted by atomic mass is 16.6. The third kappa shape index (κ3) is 8.50. The van der Waals surface area contributed by atoms with Crippen molar-refractivity contribution < 1.29 is 19.6 Å². The molecule has 244 valence electrons. The SMILES string of the molecule is CCCN(C(=O)CCc1ccc([N+](=O)[O-])cc1)C1CCN(C[C@H]2CN([C@@H](C(=O)O)C3CCCCC3)C[C@@H]2c2ccccc2)CC1. The molecule has 0 spiro atoms. The van der Waals surface area contributed by atoms with Crippen molar-refractivity contribution >= 4 is 17.6 Å². The quantitative estimate of drug-likeness (QED) is 0.217. The summed E-state index contributed by atoms with van der Waals surface area (Å²) in [6.07, 6.45) is 9.29. The van der Waals surface area contributed by atoms with Crippen LogP contribution < -0.4 is 0 Å². The summed E-state index contributed by atoms with van der Waals surface area (Å²) in [4.78, 5) is 43.4. The number of carboxylic acid groups (broad SMARTS) is 1. The van der Waals surface area contributed by atoms with Crippen LogP contribution in [0.15, 0.2) is 54.6 Å². The first kappa shape index (κ1) is 33.1. The molecule has 2 saturated heterocycles. The summed E-state index contributed by atoms with van der Waals surface area (Å²) >= 11 is 0. The molecule has 0 radical (unpaired) electrons. The van der Waals surface area contributed by atoms with E-state index >= 15 is 0 Å². The maximum Gasteiger partial charge on any atom is 0.321 e. The topological polar surface area (TPSA) is 107 Å². The van der Waals surface area contributed by atoms with Crippen LogP contribution in [0.2, 0.25) is 0 Å². The number of carbonyl (C=O) groups is 2. The highest BCUT2D eigenvalue weighted by Crippen LogP contribution is 2.38. The molecule has 5 rings (SSSR count). The second kappa shape index (κ2) is 15.8. The van der Waals surface area contributed by atoms with E-state index in [-0.39, 0.29) is 23.6 Å². The highest BCUT2D eigenvalue weighted by molar-refractivity contribution is 5.77. The van der Waals surface area contributed by atoms with Gasteiger partial charge in [-0.25, -0.2) is 0 Å². The van der Waals surface area contributed by atoms with Crippen molar-refractivity contribution in [1.29, 1.82) is 0 Å². The molecule has 3 fully saturated rings. The molecule has 1 aliphatic carbocycles. The van der Waals surface area contributed by atoms with Gasteiger partial charge in [0.05, 0.1) is 4.92 Å². The Morgan fingerprint density at radius 1 is 0.978 bits per heavy atom. The van der Waals surface area contributed by atoms with E-state index in [1.54, 1.807) is 12.1 Å². The minimum atomic E-state index is -0.663. The van der Waals surface area contributed by atoms with E-state index in [0.29, 0.717) is 24.7 Å². The molecule has 1 amide bonds. The number of nitro groups is 1. The average molecular weight is 619 g/mol. The van der Waals surface area contributed by atoms with Crippen LogP contribution in [0.5, 0.6) is 0 Å². The van der Waals surface area contributed by atoms with E-state index in [4.69, 9.17) is 0 Å². The van der Waals surface area contributed by atoms with E-state index in [1.807, 2.05) is 6.07 Å². The Kier molecular flexibility index (Phi) is 11.6. The standard InChI is InChI=1S/C36H50N4O5/c1-2-21-39(34(41)18-15-27-13-16-32(17-14-27)40(44)45)31-19-22-37(23-20-31)24-30-25-38(26-33(30)28-9-5-3-6-10-28)35(36(42)43)29-11-7-4-8-12-29/h3,5-6,9-10,13-14,16-17,29-31,33,35H,2,4,7-8,11-12,15,18-26H2,1H3,(H,42,43)/t30-,33+,35+/m0/s1. The minimum Gasteiger partial charge on any atom is -0.480 e. The Labute approximate surface area is 267 Å². The largest absolute Gasteiger partial charge is 0.480 e. The van der Waals surface area contributed by atoms with Gasteiger partial charge >= 0.3 is 5.97 Å². The van der Waals surface area contributed by atoms with E-state index in [2.05, 4.69) is 45.9 Å². The maximum atomic E-state index is 13.4. The number of likely N-dealkylation sites (tertiary alicyclic amines) is 2. The van der Waals surface area contributed by atoms with Gasteiger partial charge in [0.25, 0.3) is 5.69 Å². The molecule has 2 aliphatic heterocycles. The summed E-state index contributed by atoms with van der Waals surface area (Å²) in [6.45, 7) is 7.28. The number of amides is 1. The number of nitro benzene ring substituents is 1. The fourth-order valence-corrected chi connectivity index (χ4v) is 8.18. The monoisotopic (exact) mass is 618 g/mol. The van der Waals surface area contributed by atoms with Crippen molar-refractivity contribution in [3.8, 4) is 0 Å².